The predicted octanol–water partition coefficient (Wildman–Crippen LogP) is 2.67. The highest BCUT2D eigenvalue weighted by Crippen LogP contribution is 2.29. The molecule has 1 aliphatic heterocycles. The van der Waals surface area contributed by atoms with E-state index < -0.39 is 0 Å². The minimum absolute atomic E-state index is 0.126. The molecule has 0 aromatic heterocycles. The molecule has 1 aliphatic rings. The van der Waals surface area contributed by atoms with E-state index in [-0.39, 0.29) is 5.91 Å². The van der Waals surface area contributed by atoms with Crippen molar-refractivity contribution in [2.45, 2.75) is 13.3 Å². The molecule has 106 valence electrons. The molecule has 1 amide bonds. The number of benzene rings is 1. The molecular formula is C14H15NO3S2. The maximum absolute atomic E-state index is 11.5. The van der Waals surface area contributed by atoms with Gasteiger partial charge in [-0.25, -0.2) is 0 Å². The largest absolute Gasteiger partial charge is 0.493 e. The number of carbonyl (C=O) groups excluding carboxylic acids is 1. The second-order valence-electron chi connectivity index (χ2n) is 4.03. The highest BCUT2D eigenvalue weighted by atomic mass is 32.2. The second-order valence-corrected chi connectivity index (χ2v) is 5.75. The zero-order chi connectivity index (χ0) is 14.5. The summed E-state index contributed by atoms with van der Waals surface area (Å²) in [5, 5.41) is 2.60. The van der Waals surface area contributed by atoms with Gasteiger partial charge in [0.05, 0.1) is 18.6 Å². The van der Waals surface area contributed by atoms with Crippen molar-refractivity contribution in [1.82, 2.24) is 5.32 Å². The third-order valence-corrected chi connectivity index (χ3v) is 3.90. The third kappa shape index (κ3) is 3.52. The third-order valence-electron chi connectivity index (χ3n) is 2.69. The lowest BCUT2D eigenvalue weighted by Crippen LogP contribution is -2.17. The van der Waals surface area contributed by atoms with Crippen LogP contribution in [0.5, 0.6) is 11.5 Å². The van der Waals surface area contributed by atoms with Gasteiger partial charge in [-0.2, -0.15) is 0 Å². The van der Waals surface area contributed by atoms with Crippen molar-refractivity contribution < 1.29 is 14.3 Å². The highest BCUT2D eigenvalue weighted by Gasteiger charge is 2.21. The first-order chi connectivity index (χ1) is 9.63. The number of hydrogen-bond acceptors (Lipinski definition) is 5. The summed E-state index contributed by atoms with van der Waals surface area (Å²) in [7, 11) is 1.61. The summed E-state index contributed by atoms with van der Waals surface area (Å²) in [5.74, 6) is 1.29. The summed E-state index contributed by atoms with van der Waals surface area (Å²) in [6.45, 7) is 2.50. The van der Waals surface area contributed by atoms with Gasteiger partial charge in [-0.1, -0.05) is 36.1 Å². The number of allylic oxidation sites excluding steroid dienone is 1. The van der Waals surface area contributed by atoms with Gasteiger partial charge in [0, 0.05) is 0 Å². The Kier molecular flexibility index (Phi) is 5.03. The van der Waals surface area contributed by atoms with Crippen LogP contribution in [0.3, 0.4) is 0 Å². The highest BCUT2D eigenvalue weighted by molar-refractivity contribution is 8.26. The number of ether oxygens (including phenoxy) is 2. The summed E-state index contributed by atoms with van der Waals surface area (Å²) in [6, 6.07) is 5.74. The van der Waals surface area contributed by atoms with Gasteiger partial charge in [0.1, 0.15) is 4.32 Å². The van der Waals surface area contributed by atoms with Gasteiger partial charge in [-0.3, -0.25) is 4.79 Å². The van der Waals surface area contributed by atoms with Crippen molar-refractivity contribution in [3.63, 3.8) is 0 Å². The Balaban J connectivity index is 2.14. The van der Waals surface area contributed by atoms with Crippen molar-refractivity contribution in [2.75, 3.05) is 13.7 Å². The fraction of sp³-hybridized carbons (Fsp3) is 0.286. The Morgan fingerprint density at radius 2 is 2.20 bits per heavy atom. The maximum atomic E-state index is 11.5. The van der Waals surface area contributed by atoms with Crippen LogP contribution in [0.15, 0.2) is 29.2 Å². The monoisotopic (exact) mass is 309 g/mol. The van der Waals surface area contributed by atoms with E-state index in [1.165, 1.54) is 11.8 Å². The van der Waals surface area contributed by atoms with E-state index in [1.54, 1.807) is 7.11 Å². The SMILES string of the molecule is CCOc1cc(CC=C2SC(=S)NC2=O)ccc1OC. The smallest absolute Gasteiger partial charge is 0.263 e. The van der Waals surface area contributed by atoms with Crippen LogP contribution in [0.2, 0.25) is 0 Å². The van der Waals surface area contributed by atoms with Crippen molar-refractivity contribution in [2.24, 2.45) is 0 Å². The zero-order valence-corrected chi connectivity index (χ0v) is 12.9. The summed E-state index contributed by atoms with van der Waals surface area (Å²) < 4.78 is 11.3. The molecule has 2 rings (SSSR count). The summed E-state index contributed by atoms with van der Waals surface area (Å²) in [4.78, 5) is 12.2. The van der Waals surface area contributed by atoms with Gasteiger partial charge < -0.3 is 14.8 Å². The van der Waals surface area contributed by atoms with Crippen molar-refractivity contribution >= 4 is 34.2 Å². The van der Waals surface area contributed by atoms with E-state index in [1.807, 2.05) is 31.2 Å². The van der Waals surface area contributed by atoms with Gasteiger partial charge >= 0.3 is 0 Å². The normalized spacial score (nSPS) is 16.4. The van der Waals surface area contributed by atoms with Gasteiger partial charge in [0.25, 0.3) is 5.91 Å². The average Bonchev–Trinajstić information content (AvgIpc) is 2.75. The van der Waals surface area contributed by atoms with Crippen LogP contribution < -0.4 is 14.8 Å². The Morgan fingerprint density at radius 3 is 2.80 bits per heavy atom. The average molecular weight is 309 g/mol. The van der Waals surface area contributed by atoms with E-state index >= 15 is 0 Å². The van der Waals surface area contributed by atoms with Crippen molar-refractivity contribution in [3.8, 4) is 11.5 Å². The number of carbonyl (C=O) groups is 1. The zero-order valence-electron chi connectivity index (χ0n) is 11.3. The molecule has 20 heavy (non-hydrogen) atoms. The second kappa shape index (κ2) is 6.76. The molecule has 0 bridgehead atoms. The van der Waals surface area contributed by atoms with E-state index in [2.05, 4.69) is 5.32 Å². The Morgan fingerprint density at radius 1 is 1.40 bits per heavy atom. The first-order valence-electron chi connectivity index (χ1n) is 6.17. The molecule has 1 saturated heterocycles. The Labute approximate surface area is 127 Å². The van der Waals surface area contributed by atoms with E-state index in [0.29, 0.717) is 33.8 Å². The summed E-state index contributed by atoms with van der Waals surface area (Å²) >= 11 is 6.24. The van der Waals surface area contributed by atoms with Crippen LogP contribution >= 0.6 is 24.0 Å². The van der Waals surface area contributed by atoms with Gasteiger partial charge in [0.2, 0.25) is 0 Å². The quantitative estimate of drug-likeness (QED) is 0.669. The van der Waals surface area contributed by atoms with Crippen LogP contribution in [0, 0.1) is 0 Å². The Bertz CT molecular complexity index is 570. The molecule has 1 N–H and O–H groups in total. The first-order valence-corrected chi connectivity index (χ1v) is 7.39. The molecule has 1 heterocycles. The van der Waals surface area contributed by atoms with Gasteiger partial charge in [-0.15, -0.1) is 0 Å². The summed E-state index contributed by atoms with van der Waals surface area (Å²) in [6.07, 6.45) is 2.51. The lowest BCUT2D eigenvalue weighted by molar-refractivity contribution is -0.115. The minimum Gasteiger partial charge on any atom is -0.493 e. The van der Waals surface area contributed by atoms with Crippen LogP contribution in [0.1, 0.15) is 12.5 Å². The summed E-state index contributed by atoms with van der Waals surface area (Å²) in [5.41, 5.74) is 1.05. The van der Waals surface area contributed by atoms with Crippen LogP contribution in [0.4, 0.5) is 0 Å². The van der Waals surface area contributed by atoms with E-state index in [9.17, 15) is 4.79 Å². The molecule has 1 fully saturated rings. The lowest BCUT2D eigenvalue weighted by Gasteiger charge is -2.10. The first kappa shape index (κ1) is 14.9. The Hall–Kier alpha value is -1.53. The van der Waals surface area contributed by atoms with Gasteiger partial charge in [-0.05, 0) is 31.0 Å². The molecule has 0 radical (unpaired) electrons. The molecule has 0 unspecified atom stereocenters. The predicted molar refractivity (Wildman–Crippen MR) is 84.3 cm³/mol. The molecule has 0 spiro atoms. The number of rotatable bonds is 5. The molecule has 0 atom stereocenters. The minimum atomic E-state index is -0.126. The van der Waals surface area contributed by atoms with E-state index in [4.69, 9.17) is 21.7 Å². The van der Waals surface area contributed by atoms with E-state index in [0.717, 1.165) is 5.56 Å². The standard InChI is InChI=1S/C14H15NO3S2/c1-3-18-11-8-9(4-6-10(11)17-2)5-7-12-13(16)15-14(19)20-12/h4,6-8H,3,5H2,1-2H3,(H,15,16,19). The number of thioether (sulfide) groups is 1. The molecule has 6 heteroatoms. The fourth-order valence-electron chi connectivity index (χ4n) is 1.79. The number of nitrogens with one attached hydrogen (secondary N) is 1. The number of hydrogen-bond donors (Lipinski definition) is 1. The number of amides is 1. The van der Waals surface area contributed by atoms with Crippen LogP contribution in [-0.4, -0.2) is 23.9 Å². The number of thiocarbonyl (C=S) groups is 1. The molecule has 1 aromatic rings. The van der Waals surface area contributed by atoms with Crippen molar-refractivity contribution in [1.29, 1.82) is 0 Å². The number of methoxy groups -OCH3 is 1. The molecule has 4 nitrogen and oxygen atoms in total. The molecule has 1 aromatic carbocycles. The molecular weight excluding hydrogens is 294 g/mol. The maximum Gasteiger partial charge on any atom is 0.263 e. The molecule has 0 aliphatic carbocycles. The molecule has 0 saturated carbocycles. The van der Waals surface area contributed by atoms with Crippen LogP contribution in [0.25, 0.3) is 0 Å². The fourth-order valence-corrected chi connectivity index (χ4v) is 2.80. The van der Waals surface area contributed by atoms with Crippen molar-refractivity contribution in [3.05, 3.63) is 34.7 Å². The lowest BCUT2D eigenvalue weighted by atomic mass is 10.1. The topological polar surface area (TPSA) is 47.6 Å². The van der Waals surface area contributed by atoms with Crippen LogP contribution in [-0.2, 0) is 11.2 Å². The van der Waals surface area contributed by atoms with Gasteiger partial charge in [0.15, 0.2) is 11.5 Å².